The van der Waals surface area contributed by atoms with E-state index in [9.17, 15) is 9.18 Å². The number of nitrogens with one attached hydrogen (secondary N) is 2. The van der Waals surface area contributed by atoms with E-state index < -0.39 is 11.4 Å². The first-order valence-corrected chi connectivity index (χ1v) is 7.77. The molecule has 1 aliphatic rings. The van der Waals surface area contributed by atoms with Crippen molar-refractivity contribution < 1.29 is 13.9 Å². The number of ether oxygens (including phenoxy) is 1. The van der Waals surface area contributed by atoms with Gasteiger partial charge >= 0.3 is 6.09 Å². The summed E-state index contributed by atoms with van der Waals surface area (Å²) in [5.74, 6) is -0.407. The van der Waals surface area contributed by atoms with Gasteiger partial charge in [-0.15, -0.1) is 0 Å². The Bertz CT molecular complexity index is 539. The minimum atomic E-state index is -0.479. The number of benzene rings is 1. The normalized spacial score (nSPS) is 21.1. The third kappa shape index (κ3) is 5.14. The molecule has 2 N–H and O–H groups in total. The van der Waals surface area contributed by atoms with Gasteiger partial charge in [0.05, 0.1) is 5.02 Å². The van der Waals surface area contributed by atoms with Crippen molar-refractivity contribution in [3.63, 3.8) is 0 Å². The van der Waals surface area contributed by atoms with E-state index in [-0.39, 0.29) is 17.2 Å². The highest BCUT2D eigenvalue weighted by Gasteiger charge is 2.31. The van der Waals surface area contributed by atoms with Gasteiger partial charge in [0.25, 0.3) is 0 Å². The summed E-state index contributed by atoms with van der Waals surface area (Å²) in [5.41, 5.74) is 0.461. The SMILES string of the molecule is CC(C)(C)OC(=O)NC1CC(NCc2ccc(F)c(Cl)c2)C1. The number of alkyl carbamates (subject to hydrolysis) is 1. The van der Waals surface area contributed by atoms with Crippen LogP contribution in [0.25, 0.3) is 0 Å². The number of halogens is 2. The van der Waals surface area contributed by atoms with Crippen molar-refractivity contribution >= 4 is 17.7 Å². The van der Waals surface area contributed by atoms with Gasteiger partial charge in [-0.1, -0.05) is 17.7 Å². The van der Waals surface area contributed by atoms with Gasteiger partial charge in [0.15, 0.2) is 0 Å². The average Bonchev–Trinajstić information content (AvgIpc) is 2.33. The van der Waals surface area contributed by atoms with Crippen molar-refractivity contribution in [2.24, 2.45) is 0 Å². The smallest absolute Gasteiger partial charge is 0.407 e. The highest BCUT2D eigenvalue weighted by Crippen LogP contribution is 2.22. The van der Waals surface area contributed by atoms with Crippen LogP contribution in [0.5, 0.6) is 0 Å². The standard InChI is InChI=1S/C16H22ClFN2O2/c1-16(2,3)22-15(21)20-12-7-11(8-12)19-9-10-4-5-14(18)13(17)6-10/h4-6,11-12,19H,7-9H2,1-3H3,(H,20,21). The summed E-state index contributed by atoms with van der Waals surface area (Å²) in [7, 11) is 0. The molecule has 0 aliphatic heterocycles. The topological polar surface area (TPSA) is 50.4 Å². The summed E-state index contributed by atoms with van der Waals surface area (Å²) in [6.07, 6.45) is 1.34. The number of carbonyl (C=O) groups is 1. The third-order valence-corrected chi connectivity index (χ3v) is 3.73. The van der Waals surface area contributed by atoms with E-state index in [1.54, 1.807) is 12.1 Å². The van der Waals surface area contributed by atoms with Gasteiger partial charge in [0.2, 0.25) is 0 Å². The fourth-order valence-corrected chi connectivity index (χ4v) is 2.49. The Labute approximate surface area is 135 Å². The van der Waals surface area contributed by atoms with Crippen LogP contribution >= 0.6 is 11.6 Å². The molecule has 0 aromatic heterocycles. The van der Waals surface area contributed by atoms with E-state index in [2.05, 4.69) is 10.6 Å². The van der Waals surface area contributed by atoms with Crippen LogP contribution in [0.4, 0.5) is 9.18 Å². The molecule has 1 aromatic rings. The minimum Gasteiger partial charge on any atom is -0.444 e. The van der Waals surface area contributed by atoms with Crippen LogP contribution in [-0.4, -0.2) is 23.8 Å². The molecule has 1 fully saturated rings. The van der Waals surface area contributed by atoms with Crippen LogP contribution in [0.1, 0.15) is 39.2 Å². The molecule has 4 nitrogen and oxygen atoms in total. The van der Waals surface area contributed by atoms with Crippen LogP contribution in [-0.2, 0) is 11.3 Å². The molecule has 1 amide bonds. The highest BCUT2D eigenvalue weighted by atomic mass is 35.5. The molecule has 0 spiro atoms. The van der Waals surface area contributed by atoms with Crippen LogP contribution < -0.4 is 10.6 Å². The fraction of sp³-hybridized carbons (Fsp3) is 0.562. The quantitative estimate of drug-likeness (QED) is 0.887. The van der Waals surface area contributed by atoms with Crippen molar-refractivity contribution in [1.82, 2.24) is 10.6 Å². The van der Waals surface area contributed by atoms with Crippen molar-refractivity contribution in [1.29, 1.82) is 0 Å². The molecular weight excluding hydrogens is 307 g/mol. The third-order valence-electron chi connectivity index (χ3n) is 3.44. The van der Waals surface area contributed by atoms with E-state index in [1.807, 2.05) is 20.8 Å². The summed E-state index contributed by atoms with van der Waals surface area (Å²) in [6.45, 7) is 6.15. The number of hydrogen-bond acceptors (Lipinski definition) is 3. The van der Waals surface area contributed by atoms with Gasteiger partial charge in [-0.25, -0.2) is 9.18 Å². The van der Waals surface area contributed by atoms with Gasteiger partial charge in [-0.3, -0.25) is 0 Å². The molecule has 6 heteroatoms. The molecule has 1 aliphatic carbocycles. The van der Waals surface area contributed by atoms with Crippen LogP contribution in [0.15, 0.2) is 18.2 Å². The molecule has 0 unspecified atom stereocenters. The van der Waals surface area contributed by atoms with Crippen LogP contribution in [0.3, 0.4) is 0 Å². The summed E-state index contributed by atoms with van der Waals surface area (Å²) < 4.78 is 18.3. The number of amides is 1. The molecule has 0 saturated heterocycles. The second-order valence-electron chi connectivity index (χ2n) is 6.64. The van der Waals surface area contributed by atoms with Crippen molar-refractivity contribution in [2.45, 2.75) is 57.8 Å². The van der Waals surface area contributed by atoms with Crippen molar-refractivity contribution in [2.75, 3.05) is 0 Å². The Morgan fingerprint density at radius 1 is 1.36 bits per heavy atom. The predicted molar refractivity (Wildman–Crippen MR) is 84.4 cm³/mol. The molecule has 1 saturated carbocycles. The molecule has 0 bridgehead atoms. The molecule has 0 heterocycles. The maximum Gasteiger partial charge on any atom is 0.407 e. The Hall–Kier alpha value is -1.33. The summed E-state index contributed by atoms with van der Waals surface area (Å²) in [6, 6.07) is 5.18. The van der Waals surface area contributed by atoms with Gasteiger partial charge in [-0.2, -0.15) is 0 Å². The van der Waals surface area contributed by atoms with E-state index >= 15 is 0 Å². The van der Waals surface area contributed by atoms with E-state index in [0.717, 1.165) is 18.4 Å². The molecule has 2 rings (SSSR count). The lowest BCUT2D eigenvalue weighted by atomic mass is 9.87. The van der Waals surface area contributed by atoms with Gasteiger partial charge in [0.1, 0.15) is 11.4 Å². The highest BCUT2D eigenvalue weighted by molar-refractivity contribution is 6.30. The average molecular weight is 329 g/mol. The maximum atomic E-state index is 13.1. The minimum absolute atomic E-state index is 0.136. The second-order valence-corrected chi connectivity index (χ2v) is 7.05. The summed E-state index contributed by atoms with van der Waals surface area (Å²) in [5, 5.41) is 6.34. The lowest BCUT2D eigenvalue weighted by Gasteiger charge is -2.36. The monoisotopic (exact) mass is 328 g/mol. The molecule has 0 atom stereocenters. The van der Waals surface area contributed by atoms with E-state index in [4.69, 9.17) is 16.3 Å². The Balaban J connectivity index is 1.67. The second kappa shape index (κ2) is 6.84. The lowest BCUT2D eigenvalue weighted by molar-refractivity contribution is 0.0465. The Kier molecular flexibility index (Phi) is 5.29. The van der Waals surface area contributed by atoms with Gasteiger partial charge in [-0.05, 0) is 51.3 Å². The largest absolute Gasteiger partial charge is 0.444 e. The Morgan fingerprint density at radius 2 is 2.05 bits per heavy atom. The zero-order chi connectivity index (χ0) is 16.3. The summed E-state index contributed by atoms with van der Waals surface area (Å²) >= 11 is 5.75. The zero-order valence-corrected chi connectivity index (χ0v) is 13.8. The summed E-state index contributed by atoms with van der Waals surface area (Å²) in [4.78, 5) is 11.6. The first kappa shape index (κ1) is 17.0. The molecular formula is C16H22ClFN2O2. The Morgan fingerprint density at radius 3 is 2.64 bits per heavy atom. The van der Waals surface area contributed by atoms with Gasteiger partial charge < -0.3 is 15.4 Å². The van der Waals surface area contributed by atoms with E-state index in [0.29, 0.717) is 12.6 Å². The number of hydrogen-bond donors (Lipinski definition) is 2. The van der Waals surface area contributed by atoms with E-state index in [1.165, 1.54) is 6.07 Å². The lowest BCUT2D eigenvalue weighted by Crippen LogP contribution is -2.52. The van der Waals surface area contributed by atoms with Crippen LogP contribution in [0.2, 0.25) is 5.02 Å². The van der Waals surface area contributed by atoms with Crippen LogP contribution in [0, 0.1) is 5.82 Å². The van der Waals surface area contributed by atoms with Crippen molar-refractivity contribution in [3.8, 4) is 0 Å². The molecule has 1 aromatic carbocycles. The first-order valence-electron chi connectivity index (χ1n) is 7.40. The maximum absolute atomic E-state index is 13.1. The fourth-order valence-electron chi connectivity index (χ4n) is 2.29. The molecule has 22 heavy (non-hydrogen) atoms. The van der Waals surface area contributed by atoms with Gasteiger partial charge in [0, 0.05) is 18.6 Å². The molecule has 0 radical (unpaired) electrons. The predicted octanol–water partition coefficient (Wildman–Crippen LogP) is 3.62. The first-order chi connectivity index (χ1) is 10.2. The molecule has 122 valence electrons. The number of carbonyl (C=O) groups excluding carboxylic acids is 1. The number of rotatable bonds is 4. The zero-order valence-electron chi connectivity index (χ0n) is 13.1. The van der Waals surface area contributed by atoms with Crippen molar-refractivity contribution in [3.05, 3.63) is 34.6 Å².